The van der Waals surface area contributed by atoms with E-state index >= 15 is 8.78 Å². The number of nitrogens with one attached hydrogen (secondary N) is 1. The Kier molecular flexibility index (Phi) is 7.68. The Bertz CT molecular complexity index is 1680. The molecule has 0 radical (unpaired) electrons. The molecule has 2 fully saturated rings. The van der Waals surface area contributed by atoms with Gasteiger partial charge in [-0.1, -0.05) is 11.3 Å². The van der Waals surface area contributed by atoms with Gasteiger partial charge in [0.15, 0.2) is 11.3 Å². The molecule has 6 rings (SSSR count). The van der Waals surface area contributed by atoms with Gasteiger partial charge >= 0.3 is 0 Å². The summed E-state index contributed by atoms with van der Waals surface area (Å²) in [4.78, 5) is 6.96. The Labute approximate surface area is 243 Å². The number of aromatic nitrogens is 4. The van der Waals surface area contributed by atoms with Gasteiger partial charge < -0.3 is 14.8 Å². The Balaban J connectivity index is 1.57. The minimum Gasteiger partial charge on any atom is -0.496 e. The first-order valence-corrected chi connectivity index (χ1v) is 14.5. The number of fused-ring (bicyclic) bond motifs is 3. The smallest absolute Gasteiger partial charge is 0.245 e. The van der Waals surface area contributed by atoms with E-state index in [4.69, 9.17) is 14.5 Å². The predicted octanol–water partition coefficient (Wildman–Crippen LogP) is 5.31. The molecule has 42 heavy (non-hydrogen) atoms. The highest BCUT2D eigenvalue weighted by molar-refractivity contribution is 6.06. The number of rotatable bonds is 7. The van der Waals surface area contributed by atoms with Crippen molar-refractivity contribution >= 4 is 21.9 Å². The number of nitrogens with zero attached hydrogens (tertiary/aromatic N) is 6. The topological polar surface area (TPSA) is 101 Å². The fourth-order valence-corrected chi connectivity index (χ4v) is 6.72. The second kappa shape index (κ2) is 11.4. The lowest BCUT2D eigenvalue weighted by atomic mass is 9.95. The number of methoxy groups -OCH3 is 1. The Hall–Kier alpha value is -3.88. The summed E-state index contributed by atoms with van der Waals surface area (Å²) >= 11 is 0. The molecule has 0 aliphatic carbocycles. The van der Waals surface area contributed by atoms with Crippen molar-refractivity contribution in [2.45, 2.75) is 70.2 Å². The fourth-order valence-electron chi connectivity index (χ4n) is 6.72. The molecule has 4 atom stereocenters. The molecule has 0 bridgehead atoms. The number of halogens is 2. The van der Waals surface area contributed by atoms with E-state index in [0.29, 0.717) is 34.8 Å². The molecule has 220 valence electrons. The minimum absolute atomic E-state index is 0.0216. The summed E-state index contributed by atoms with van der Waals surface area (Å²) in [7, 11) is 3.51. The van der Waals surface area contributed by atoms with E-state index in [0.717, 1.165) is 32.4 Å². The predicted molar refractivity (Wildman–Crippen MR) is 156 cm³/mol. The third-order valence-corrected chi connectivity index (χ3v) is 8.82. The van der Waals surface area contributed by atoms with E-state index in [1.807, 2.05) is 17.7 Å². The molecular formula is C31H35F2N7O2. The first-order valence-electron chi connectivity index (χ1n) is 14.5. The lowest BCUT2D eigenvalue weighted by Crippen LogP contribution is -2.39. The number of pyridine rings is 1. The molecule has 2 aliphatic heterocycles. The van der Waals surface area contributed by atoms with Crippen molar-refractivity contribution in [2.75, 3.05) is 27.2 Å². The molecule has 0 amide bonds. The first kappa shape index (κ1) is 28.2. The van der Waals surface area contributed by atoms with E-state index in [-0.39, 0.29) is 52.5 Å². The van der Waals surface area contributed by atoms with Gasteiger partial charge in [0, 0.05) is 23.0 Å². The maximum atomic E-state index is 16.7. The third kappa shape index (κ3) is 4.82. The van der Waals surface area contributed by atoms with Gasteiger partial charge in [-0.3, -0.25) is 4.90 Å². The van der Waals surface area contributed by atoms with Crippen LogP contribution in [0, 0.1) is 29.9 Å². The molecular weight excluding hydrogens is 540 g/mol. The maximum Gasteiger partial charge on any atom is 0.245 e. The molecule has 0 spiro atoms. The van der Waals surface area contributed by atoms with Crippen LogP contribution in [0.3, 0.4) is 0 Å². The number of likely N-dealkylation sites (N-methyl/N-ethyl adjacent to an activating group) is 1. The quantitative estimate of drug-likeness (QED) is 0.317. The van der Waals surface area contributed by atoms with Crippen LogP contribution in [0.2, 0.25) is 0 Å². The average Bonchev–Trinajstić information content (AvgIpc) is 3.62. The van der Waals surface area contributed by atoms with Crippen molar-refractivity contribution in [3.63, 3.8) is 0 Å². The second-order valence-electron chi connectivity index (χ2n) is 11.4. The highest BCUT2D eigenvalue weighted by atomic mass is 19.1. The lowest BCUT2D eigenvalue weighted by molar-refractivity contribution is 0.118. The van der Waals surface area contributed by atoms with Crippen molar-refractivity contribution in [3.8, 4) is 28.8 Å². The molecule has 2 aromatic heterocycles. The third-order valence-electron chi connectivity index (χ3n) is 8.82. The lowest BCUT2D eigenvalue weighted by Gasteiger charge is -2.29. The van der Waals surface area contributed by atoms with Gasteiger partial charge in [0.1, 0.15) is 28.7 Å². The van der Waals surface area contributed by atoms with E-state index in [1.54, 1.807) is 13.0 Å². The highest BCUT2D eigenvalue weighted by Crippen LogP contribution is 2.42. The number of likely N-dealkylation sites (tertiary alicyclic amines) is 1. The summed E-state index contributed by atoms with van der Waals surface area (Å²) in [5.41, 5.74) is 1.81. The summed E-state index contributed by atoms with van der Waals surface area (Å²) in [6.07, 6.45) is 3.67. The van der Waals surface area contributed by atoms with Gasteiger partial charge in [0.05, 0.1) is 31.2 Å². The Morgan fingerprint density at radius 3 is 2.79 bits per heavy atom. The fraction of sp³-hybridized carbons (Fsp3) is 0.484. The van der Waals surface area contributed by atoms with Crippen molar-refractivity contribution in [3.05, 3.63) is 41.5 Å². The standard InChI is InChI=1S/C31H35F2N7O2/c1-17-15-21-28(27(33)25(17)26-22(32)7-5-9-24(26)41-4)36-31(42-18(2)23-8-6-14-39(23)3)29-30(21)40(38-37-29)20-11-13-35-19(16-20)10-12-34/h5,7,9,15,18-20,23,35H,6,8,10-11,13-14,16H2,1-4H3/t18-,19+,20-,23-/m0/s1. The number of nitriles is 1. The summed E-state index contributed by atoms with van der Waals surface area (Å²) < 4.78 is 45.6. The SMILES string of the molecule is COc1cccc(F)c1-c1c(C)cc2c(nc(O[C@@H](C)[C@@H]3CCCN3C)c3nnn([C@H]4CCN[C@H](CC#N)C4)c32)c1F. The zero-order chi connectivity index (χ0) is 29.5. The van der Waals surface area contributed by atoms with E-state index in [9.17, 15) is 5.26 Å². The van der Waals surface area contributed by atoms with Crippen LogP contribution in [0.25, 0.3) is 33.1 Å². The number of ether oxygens (including phenoxy) is 2. The largest absolute Gasteiger partial charge is 0.496 e. The van der Waals surface area contributed by atoms with Crippen molar-refractivity contribution in [1.82, 2.24) is 30.2 Å². The second-order valence-corrected chi connectivity index (χ2v) is 11.4. The summed E-state index contributed by atoms with van der Waals surface area (Å²) in [5.74, 6) is -0.813. The normalized spacial score (nSPS) is 22.0. The van der Waals surface area contributed by atoms with Gasteiger partial charge in [0.2, 0.25) is 5.88 Å². The van der Waals surface area contributed by atoms with Gasteiger partial charge in [-0.25, -0.2) is 18.4 Å². The molecule has 2 aliphatic rings. The van der Waals surface area contributed by atoms with Crippen molar-refractivity contribution in [2.24, 2.45) is 0 Å². The van der Waals surface area contributed by atoms with Crippen LogP contribution in [-0.4, -0.2) is 70.3 Å². The van der Waals surface area contributed by atoms with Crippen molar-refractivity contribution < 1.29 is 18.3 Å². The van der Waals surface area contributed by atoms with Crippen LogP contribution in [0.1, 0.15) is 50.6 Å². The molecule has 2 aromatic carbocycles. The van der Waals surface area contributed by atoms with Crippen LogP contribution in [0.4, 0.5) is 8.78 Å². The molecule has 2 saturated heterocycles. The van der Waals surface area contributed by atoms with Crippen LogP contribution in [0.5, 0.6) is 11.6 Å². The number of piperidine rings is 1. The monoisotopic (exact) mass is 575 g/mol. The number of aryl methyl sites for hydroxylation is 1. The van der Waals surface area contributed by atoms with Gasteiger partial charge in [-0.05, 0) is 83.4 Å². The van der Waals surface area contributed by atoms with Crippen LogP contribution in [0.15, 0.2) is 24.3 Å². The van der Waals surface area contributed by atoms with Gasteiger partial charge in [0.25, 0.3) is 0 Å². The minimum atomic E-state index is -0.661. The molecule has 0 saturated carbocycles. The van der Waals surface area contributed by atoms with Crippen LogP contribution in [-0.2, 0) is 0 Å². The molecule has 4 aromatic rings. The van der Waals surface area contributed by atoms with Crippen LogP contribution < -0.4 is 14.8 Å². The highest BCUT2D eigenvalue weighted by Gasteiger charge is 2.32. The van der Waals surface area contributed by atoms with E-state index < -0.39 is 11.6 Å². The zero-order valence-electron chi connectivity index (χ0n) is 24.3. The van der Waals surface area contributed by atoms with Gasteiger partial charge in [-0.15, -0.1) is 5.10 Å². The number of benzene rings is 2. The van der Waals surface area contributed by atoms with E-state index in [1.165, 1.54) is 19.2 Å². The van der Waals surface area contributed by atoms with Crippen LogP contribution >= 0.6 is 0 Å². The molecule has 0 unspecified atom stereocenters. The summed E-state index contributed by atoms with van der Waals surface area (Å²) in [6, 6.07) is 8.66. The van der Waals surface area contributed by atoms with Crippen molar-refractivity contribution in [1.29, 1.82) is 5.26 Å². The van der Waals surface area contributed by atoms with E-state index in [2.05, 4.69) is 33.6 Å². The average molecular weight is 576 g/mol. The molecule has 9 nitrogen and oxygen atoms in total. The summed E-state index contributed by atoms with van der Waals surface area (Å²) in [6.45, 7) is 5.45. The first-order chi connectivity index (χ1) is 20.3. The Morgan fingerprint density at radius 1 is 1.21 bits per heavy atom. The maximum absolute atomic E-state index is 16.7. The Morgan fingerprint density at radius 2 is 2.05 bits per heavy atom. The molecule has 4 heterocycles. The number of hydrogen-bond acceptors (Lipinski definition) is 8. The number of hydrogen-bond donors (Lipinski definition) is 1. The summed E-state index contributed by atoms with van der Waals surface area (Å²) in [5, 5.41) is 22.3. The molecule has 11 heteroatoms. The zero-order valence-corrected chi connectivity index (χ0v) is 24.3. The van der Waals surface area contributed by atoms with Gasteiger partial charge in [-0.2, -0.15) is 5.26 Å². The molecule has 1 N–H and O–H groups in total.